The third kappa shape index (κ3) is 3.82. The first-order valence-corrected chi connectivity index (χ1v) is 6.18. The van der Waals surface area contributed by atoms with Crippen LogP contribution in [0.15, 0.2) is 11.2 Å². The molecule has 106 valence electrons. The smallest absolute Gasteiger partial charge is 0.174 e. The third-order valence-corrected chi connectivity index (χ3v) is 2.93. The molecule has 0 fully saturated rings. The van der Waals surface area contributed by atoms with Crippen LogP contribution < -0.4 is 10.6 Å². The minimum absolute atomic E-state index is 0.0942. The number of aryl methyl sites for hydroxylation is 2. The van der Waals surface area contributed by atoms with Crippen molar-refractivity contribution in [1.82, 2.24) is 9.88 Å². The summed E-state index contributed by atoms with van der Waals surface area (Å²) in [5, 5.41) is 12.0. The molecule has 0 atom stereocenters. The van der Waals surface area contributed by atoms with Gasteiger partial charge in [-0.1, -0.05) is 5.16 Å². The Morgan fingerprint density at radius 3 is 2.47 bits per heavy atom. The van der Waals surface area contributed by atoms with Crippen LogP contribution >= 0.6 is 0 Å². The Morgan fingerprint density at radius 1 is 1.32 bits per heavy atom. The molecule has 19 heavy (non-hydrogen) atoms. The lowest BCUT2D eigenvalue weighted by Crippen LogP contribution is -2.31. The van der Waals surface area contributed by atoms with Crippen molar-refractivity contribution >= 4 is 11.7 Å². The van der Waals surface area contributed by atoms with Gasteiger partial charge in [0.2, 0.25) is 0 Å². The van der Waals surface area contributed by atoms with E-state index in [9.17, 15) is 0 Å². The summed E-state index contributed by atoms with van der Waals surface area (Å²) in [6.45, 7) is 5.59. The zero-order valence-corrected chi connectivity index (χ0v) is 12.3. The van der Waals surface area contributed by atoms with Crippen LogP contribution in [0.3, 0.4) is 0 Å². The number of aromatic nitrogens is 1. The number of pyridine rings is 1. The predicted octanol–water partition coefficient (Wildman–Crippen LogP) is 0.791. The van der Waals surface area contributed by atoms with Gasteiger partial charge in [-0.05, 0) is 39.6 Å². The number of hydrogen-bond acceptors (Lipinski definition) is 5. The Bertz CT molecular complexity index is 470. The predicted molar refractivity (Wildman–Crippen MR) is 78.0 cm³/mol. The number of oxime groups is 1. The van der Waals surface area contributed by atoms with Gasteiger partial charge in [-0.3, -0.25) is 0 Å². The minimum Gasteiger partial charge on any atom is -0.409 e. The first-order valence-electron chi connectivity index (χ1n) is 6.18. The van der Waals surface area contributed by atoms with E-state index in [1.165, 1.54) is 0 Å². The van der Waals surface area contributed by atoms with Crippen molar-refractivity contribution in [3.63, 3.8) is 0 Å². The highest BCUT2D eigenvalue weighted by molar-refractivity contribution is 6.02. The monoisotopic (exact) mass is 265 g/mol. The maximum Gasteiger partial charge on any atom is 0.174 e. The fourth-order valence-electron chi connectivity index (χ4n) is 1.92. The Morgan fingerprint density at radius 2 is 1.95 bits per heavy atom. The van der Waals surface area contributed by atoms with Gasteiger partial charge in [0, 0.05) is 25.8 Å². The van der Waals surface area contributed by atoms with Crippen molar-refractivity contribution in [3.05, 3.63) is 22.9 Å². The number of nitrogens with zero attached hydrogens (tertiary/aromatic N) is 4. The number of amidine groups is 1. The van der Waals surface area contributed by atoms with Crippen molar-refractivity contribution in [3.8, 4) is 0 Å². The molecule has 0 aliphatic heterocycles. The quantitative estimate of drug-likeness (QED) is 0.356. The molecular formula is C13H23N5O. The Labute approximate surface area is 114 Å². The van der Waals surface area contributed by atoms with Crippen LogP contribution in [0, 0.1) is 13.8 Å². The average Bonchev–Trinajstić information content (AvgIpc) is 2.34. The summed E-state index contributed by atoms with van der Waals surface area (Å²) in [6.07, 6.45) is 0. The summed E-state index contributed by atoms with van der Waals surface area (Å²) in [7, 11) is 6.00. The van der Waals surface area contributed by atoms with Crippen molar-refractivity contribution < 1.29 is 5.21 Å². The molecule has 1 aromatic heterocycles. The number of hydrogen-bond donors (Lipinski definition) is 2. The van der Waals surface area contributed by atoms with E-state index < -0.39 is 0 Å². The molecule has 1 heterocycles. The second-order valence-electron chi connectivity index (χ2n) is 4.99. The fraction of sp³-hybridized carbons (Fsp3) is 0.538. The lowest BCUT2D eigenvalue weighted by atomic mass is 10.1. The van der Waals surface area contributed by atoms with Gasteiger partial charge in [0.1, 0.15) is 5.82 Å². The van der Waals surface area contributed by atoms with Gasteiger partial charge < -0.3 is 20.7 Å². The van der Waals surface area contributed by atoms with Gasteiger partial charge in [0.25, 0.3) is 0 Å². The van der Waals surface area contributed by atoms with E-state index in [4.69, 9.17) is 10.9 Å². The molecule has 0 unspecified atom stereocenters. The van der Waals surface area contributed by atoms with E-state index in [2.05, 4.69) is 15.0 Å². The third-order valence-electron chi connectivity index (χ3n) is 2.93. The van der Waals surface area contributed by atoms with Crippen LogP contribution in [0.1, 0.15) is 16.8 Å². The lowest BCUT2D eigenvalue weighted by molar-refractivity contribution is 0.318. The SMILES string of the molecule is Cc1cc(C)c(C(N)=NO)c(N(C)CCN(C)C)n1. The van der Waals surface area contributed by atoms with Gasteiger partial charge in [-0.25, -0.2) is 4.98 Å². The molecule has 1 aromatic rings. The fourth-order valence-corrected chi connectivity index (χ4v) is 1.92. The van der Waals surface area contributed by atoms with Gasteiger partial charge in [-0.15, -0.1) is 0 Å². The number of anilines is 1. The summed E-state index contributed by atoms with van der Waals surface area (Å²) in [5.74, 6) is 0.839. The molecule has 0 radical (unpaired) electrons. The van der Waals surface area contributed by atoms with Crippen LogP contribution in [0.2, 0.25) is 0 Å². The van der Waals surface area contributed by atoms with Crippen molar-refractivity contribution in [2.75, 3.05) is 39.1 Å². The summed E-state index contributed by atoms with van der Waals surface area (Å²) >= 11 is 0. The first-order chi connectivity index (χ1) is 8.86. The first kappa shape index (κ1) is 15.2. The van der Waals surface area contributed by atoms with Crippen LogP contribution in [0.4, 0.5) is 5.82 Å². The van der Waals surface area contributed by atoms with E-state index in [1.807, 2.05) is 46.0 Å². The second-order valence-corrected chi connectivity index (χ2v) is 4.99. The average molecular weight is 265 g/mol. The molecule has 0 saturated carbocycles. The van der Waals surface area contributed by atoms with Gasteiger partial charge >= 0.3 is 0 Å². The molecule has 0 spiro atoms. The lowest BCUT2D eigenvalue weighted by Gasteiger charge is -2.24. The topological polar surface area (TPSA) is 78.0 Å². The van der Waals surface area contributed by atoms with E-state index >= 15 is 0 Å². The van der Waals surface area contributed by atoms with Crippen LogP contribution in [0.5, 0.6) is 0 Å². The highest BCUT2D eigenvalue weighted by Gasteiger charge is 2.16. The standard InChI is InChI=1S/C13H23N5O/c1-9-8-10(2)15-13(11(9)12(14)16-19)18(5)7-6-17(3)4/h8,19H,6-7H2,1-5H3,(H2,14,16). The van der Waals surface area contributed by atoms with Crippen molar-refractivity contribution in [2.24, 2.45) is 10.9 Å². The van der Waals surface area contributed by atoms with Crippen molar-refractivity contribution in [1.29, 1.82) is 0 Å². The summed E-state index contributed by atoms with van der Waals surface area (Å²) in [4.78, 5) is 8.64. The number of rotatable bonds is 5. The highest BCUT2D eigenvalue weighted by Crippen LogP contribution is 2.21. The normalized spacial score (nSPS) is 12.0. The molecule has 0 aliphatic rings. The van der Waals surface area contributed by atoms with E-state index in [0.29, 0.717) is 5.56 Å². The summed E-state index contributed by atoms with van der Waals surface area (Å²) in [6, 6.07) is 1.93. The van der Waals surface area contributed by atoms with E-state index in [-0.39, 0.29) is 5.84 Å². The highest BCUT2D eigenvalue weighted by atomic mass is 16.4. The molecule has 0 amide bonds. The van der Waals surface area contributed by atoms with Crippen LogP contribution in [-0.2, 0) is 0 Å². The van der Waals surface area contributed by atoms with Gasteiger partial charge in [-0.2, -0.15) is 0 Å². The van der Waals surface area contributed by atoms with Gasteiger partial charge in [0.05, 0.1) is 5.56 Å². The second kappa shape index (κ2) is 6.38. The van der Waals surface area contributed by atoms with E-state index in [0.717, 1.165) is 30.2 Å². The summed E-state index contributed by atoms with van der Waals surface area (Å²) in [5.41, 5.74) is 8.32. The Balaban J connectivity index is 3.17. The van der Waals surface area contributed by atoms with Crippen LogP contribution in [0.25, 0.3) is 0 Å². The van der Waals surface area contributed by atoms with E-state index in [1.54, 1.807) is 0 Å². The molecule has 0 aromatic carbocycles. The maximum absolute atomic E-state index is 8.91. The maximum atomic E-state index is 8.91. The molecular weight excluding hydrogens is 242 g/mol. The minimum atomic E-state index is 0.0942. The Hall–Kier alpha value is -1.82. The molecule has 1 rings (SSSR count). The zero-order valence-electron chi connectivity index (χ0n) is 12.3. The van der Waals surface area contributed by atoms with Crippen LogP contribution in [-0.4, -0.2) is 55.2 Å². The molecule has 6 nitrogen and oxygen atoms in total. The number of likely N-dealkylation sites (N-methyl/N-ethyl adjacent to an activating group) is 2. The molecule has 0 aliphatic carbocycles. The molecule has 6 heteroatoms. The largest absolute Gasteiger partial charge is 0.409 e. The molecule has 0 bridgehead atoms. The summed E-state index contributed by atoms with van der Waals surface area (Å²) < 4.78 is 0. The molecule has 0 saturated heterocycles. The van der Waals surface area contributed by atoms with Gasteiger partial charge in [0.15, 0.2) is 5.84 Å². The zero-order chi connectivity index (χ0) is 14.6. The molecule has 3 N–H and O–H groups in total. The Kier molecular flexibility index (Phi) is 5.11. The van der Waals surface area contributed by atoms with Crippen molar-refractivity contribution in [2.45, 2.75) is 13.8 Å². The number of nitrogens with two attached hydrogens (primary N) is 1.